The predicted molar refractivity (Wildman–Crippen MR) is 74.3 cm³/mol. The highest BCUT2D eigenvalue weighted by Crippen LogP contribution is 2.20. The van der Waals surface area contributed by atoms with E-state index in [2.05, 4.69) is 54.2 Å². The lowest BCUT2D eigenvalue weighted by Crippen LogP contribution is -2.23. The summed E-state index contributed by atoms with van der Waals surface area (Å²) >= 11 is 3.44. The number of nitrogen functional groups attached to an aromatic ring is 1. The number of nitrogens with one attached hydrogen (secondary N) is 1. The second-order valence-corrected chi connectivity index (χ2v) is 5.56. The van der Waals surface area contributed by atoms with Crippen molar-refractivity contribution >= 4 is 21.6 Å². The second kappa shape index (κ2) is 6.26. The SMILES string of the molecule is CC(C)C(C)CNCc1ccc(N)c(Br)c1. The summed E-state index contributed by atoms with van der Waals surface area (Å²) in [6, 6.07) is 6.07. The van der Waals surface area contributed by atoms with Crippen LogP contribution in [0.15, 0.2) is 22.7 Å². The summed E-state index contributed by atoms with van der Waals surface area (Å²) in [5, 5.41) is 3.47. The first-order valence-corrected chi connectivity index (χ1v) is 6.54. The Bertz CT molecular complexity index is 337. The van der Waals surface area contributed by atoms with E-state index in [1.165, 1.54) is 5.56 Å². The third-order valence-corrected chi connectivity index (χ3v) is 3.69. The van der Waals surface area contributed by atoms with Crippen LogP contribution < -0.4 is 11.1 Å². The quantitative estimate of drug-likeness (QED) is 0.814. The van der Waals surface area contributed by atoms with E-state index >= 15 is 0 Å². The van der Waals surface area contributed by atoms with Gasteiger partial charge in [-0.1, -0.05) is 26.8 Å². The van der Waals surface area contributed by atoms with Crippen molar-refractivity contribution in [3.8, 4) is 0 Å². The van der Waals surface area contributed by atoms with Crippen molar-refractivity contribution in [2.75, 3.05) is 12.3 Å². The zero-order valence-corrected chi connectivity index (χ0v) is 11.8. The number of rotatable bonds is 5. The smallest absolute Gasteiger partial charge is 0.0458 e. The molecule has 1 atom stereocenters. The van der Waals surface area contributed by atoms with Gasteiger partial charge < -0.3 is 11.1 Å². The highest BCUT2D eigenvalue weighted by atomic mass is 79.9. The molecular formula is C13H21BrN2. The van der Waals surface area contributed by atoms with Gasteiger partial charge >= 0.3 is 0 Å². The van der Waals surface area contributed by atoms with Crippen molar-refractivity contribution in [3.63, 3.8) is 0 Å². The number of halogens is 1. The van der Waals surface area contributed by atoms with Crippen molar-refractivity contribution in [2.24, 2.45) is 11.8 Å². The molecule has 0 saturated carbocycles. The molecule has 0 aliphatic rings. The topological polar surface area (TPSA) is 38.0 Å². The molecule has 90 valence electrons. The summed E-state index contributed by atoms with van der Waals surface area (Å²) in [5.74, 6) is 1.43. The van der Waals surface area contributed by atoms with Crippen molar-refractivity contribution in [2.45, 2.75) is 27.3 Å². The number of anilines is 1. The molecule has 1 aromatic rings. The van der Waals surface area contributed by atoms with Crippen molar-refractivity contribution in [3.05, 3.63) is 28.2 Å². The van der Waals surface area contributed by atoms with E-state index in [4.69, 9.17) is 5.73 Å². The molecule has 0 spiro atoms. The molecule has 0 amide bonds. The van der Waals surface area contributed by atoms with Crippen molar-refractivity contribution in [1.82, 2.24) is 5.32 Å². The summed E-state index contributed by atoms with van der Waals surface area (Å²) < 4.78 is 0.976. The van der Waals surface area contributed by atoms with Gasteiger partial charge in [0.25, 0.3) is 0 Å². The lowest BCUT2D eigenvalue weighted by atomic mass is 9.98. The van der Waals surface area contributed by atoms with Gasteiger partial charge in [-0.15, -0.1) is 0 Å². The summed E-state index contributed by atoms with van der Waals surface area (Å²) in [6.07, 6.45) is 0. The van der Waals surface area contributed by atoms with Gasteiger partial charge in [0, 0.05) is 16.7 Å². The van der Waals surface area contributed by atoms with Crippen molar-refractivity contribution in [1.29, 1.82) is 0 Å². The molecule has 3 heteroatoms. The molecule has 0 aromatic heterocycles. The van der Waals surface area contributed by atoms with E-state index in [0.29, 0.717) is 5.92 Å². The van der Waals surface area contributed by atoms with Crippen LogP contribution in [-0.4, -0.2) is 6.54 Å². The molecule has 3 N–H and O–H groups in total. The molecule has 0 saturated heterocycles. The van der Waals surface area contributed by atoms with E-state index in [1.807, 2.05) is 6.07 Å². The molecule has 0 fully saturated rings. The molecule has 2 nitrogen and oxygen atoms in total. The number of benzene rings is 1. The minimum absolute atomic E-state index is 0.706. The van der Waals surface area contributed by atoms with Gasteiger partial charge in [-0.3, -0.25) is 0 Å². The Morgan fingerprint density at radius 2 is 2.00 bits per heavy atom. The number of nitrogens with two attached hydrogens (primary N) is 1. The highest BCUT2D eigenvalue weighted by Gasteiger charge is 2.06. The van der Waals surface area contributed by atoms with Crippen LogP contribution in [-0.2, 0) is 6.54 Å². The van der Waals surface area contributed by atoms with Gasteiger partial charge in [0.1, 0.15) is 0 Å². The maximum atomic E-state index is 5.74. The summed E-state index contributed by atoms with van der Waals surface area (Å²) in [7, 11) is 0. The largest absolute Gasteiger partial charge is 0.398 e. The molecule has 0 bridgehead atoms. The van der Waals surface area contributed by atoms with E-state index in [0.717, 1.165) is 29.2 Å². The molecule has 0 radical (unpaired) electrons. The Morgan fingerprint density at radius 3 is 2.56 bits per heavy atom. The van der Waals surface area contributed by atoms with E-state index in [-0.39, 0.29) is 0 Å². The Morgan fingerprint density at radius 1 is 1.31 bits per heavy atom. The van der Waals surface area contributed by atoms with Crippen LogP contribution in [0.1, 0.15) is 26.3 Å². The fourth-order valence-corrected chi connectivity index (χ4v) is 1.79. The highest BCUT2D eigenvalue weighted by molar-refractivity contribution is 9.10. The maximum absolute atomic E-state index is 5.74. The Hall–Kier alpha value is -0.540. The average molecular weight is 285 g/mol. The lowest BCUT2D eigenvalue weighted by Gasteiger charge is -2.16. The Kier molecular flexibility index (Phi) is 5.29. The standard InChI is InChI=1S/C13H21BrN2/c1-9(2)10(3)7-16-8-11-4-5-13(15)12(14)6-11/h4-6,9-10,16H,7-8,15H2,1-3H3. The first-order chi connectivity index (χ1) is 7.50. The lowest BCUT2D eigenvalue weighted by molar-refractivity contribution is 0.392. The number of hydrogen-bond acceptors (Lipinski definition) is 2. The van der Waals surface area contributed by atoms with Gasteiger partial charge in [0.15, 0.2) is 0 Å². The third kappa shape index (κ3) is 4.14. The van der Waals surface area contributed by atoms with E-state index in [9.17, 15) is 0 Å². The van der Waals surface area contributed by atoms with Crippen molar-refractivity contribution < 1.29 is 0 Å². The van der Waals surface area contributed by atoms with Gasteiger partial charge in [-0.25, -0.2) is 0 Å². The van der Waals surface area contributed by atoms with E-state index in [1.54, 1.807) is 0 Å². The minimum Gasteiger partial charge on any atom is -0.398 e. The van der Waals surface area contributed by atoms with Crippen LogP contribution in [0.25, 0.3) is 0 Å². The monoisotopic (exact) mass is 284 g/mol. The minimum atomic E-state index is 0.706. The van der Waals surface area contributed by atoms with Crippen LogP contribution in [0.2, 0.25) is 0 Å². The third-order valence-electron chi connectivity index (χ3n) is 3.00. The second-order valence-electron chi connectivity index (χ2n) is 4.71. The summed E-state index contributed by atoms with van der Waals surface area (Å²) in [5.41, 5.74) is 7.79. The molecule has 1 aromatic carbocycles. The van der Waals surface area contributed by atoms with Crippen LogP contribution in [0.3, 0.4) is 0 Å². The fraction of sp³-hybridized carbons (Fsp3) is 0.538. The van der Waals surface area contributed by atoms with Gasteiger partial charge in [-0.05, 0) is 52.0 Å². The summed E-state index contributed by atoms with van der Waals surface area (Å²) in [6.45, 7) is 8.74. The van der Waals surface area contributed by atoms with Crippen LogP contribution >= 0.6 is 15.9 Å². The Balaban J connectivity index is 2.40. The maximum Gasteiger partial charge on any atom is 0.0458 e. The Labute approximate surface area is 107 Å². The molecule has 16 heavy (non-hydrogen) atoms. The molecular weight excluding hydrogens is 264 g/mol. The first kappa shape index (κ1) is 13.5. The van der Waals surface area contributed by atoms with Crippen LogP contribution in [0.4, 0.5) is 5.69 Å². The molecule has 1 rings (SSSR count). The van der Waals surface area contributed by atoms with Gasteiger partial charge in [0.2, 0.25) is 0 Å². The molecule has 1 unspecified atom stereocenters. The zero-order valence-electron chi connectivity index (χ0n) is 10.3. The zero-order chi connectivity index (χ0) is 12.1. The van der Waals surface area contributed by atoms with E-state index < -0.39 is 0 Å². The normalized spacial score (nSPS) is 13.1. The predicted octanol–water partition coefficient (Wildman–Crippen LogP) is 3.41. The first-order valence-electron chi connectivity index (χ1n) is 5.75. The molecule has 0 heterocycles. The average Bonchev–Trinajstić information content (AvgIpc) is 2.23. The molecule has 0 aliphatic carbocycles. The fourth-order valence-electron chi connectivity index (χ4n) is 1.36. The van der Waals surface area contributed by atoms with Gasteiger partial charge in [0.05, 0.1) is 0 Å². The summed E-state index contributed by atoms with van der Waals surface area (Å²) in [4.78, 5) is 0. The van der Waals surface area contributed by atoms with Crippen LogP contribution in [0.5, 0.6) is 0 Å². The number of hydrogen-bond donors (Lipinski definition) is 2. The van der Waals surface area contributed by atoms with Crippen LogP contribution in [0, 0.1) is 11.8 Å². The van der Waals surface area contributed by atoms with Gasteiger partial charge in [-0.2, -0.15) is 0 Å². The molecule has 0 aliphatic heterocycles.